The molecule has 0 saturated heterocycles. The molecule has 0 spiro atoms. The molecule has 1 aromatic carbocycles. The Hall–Kier alpha value is -3.17. The molecule has 0 amide bonds. The normalized spacial score (nSPS) is 11.7. The average Bonchev–Trinajstić information content (AvgIpc) is 3.17. The molecule has 124 valence electrons. The number of non-ortho nitro benzene ring substituents is 1. The van der Waals surface area contributed by atoms with Crippen LogP contribution in [0, 0.1) is 15.9 Å². The summed E-state index contributed by atoms with van der Waals surface area (Å²) in [5.74, 6) is -0.722. The highest BCUT2D eigenvalue weighted by molar-refractivity contribution is 5.70. The number of aromatic amines is 1. The summed E-state index contributed by atoms with van der Waals surface area (Å²) in [6, 6.07) is 2.07. The van der Waals surface area contributed by atoms with Crippen molar-refractivity contribution in [3.05, 3.63) is 46.3 Å². The van der Waals surface area contributed by atoms with Crippen LogP contribution in [0.5, 0.6) is 0 Å². The molecule has 0 radical (unpaired) electrons. The molecule has 0 saturated carbocycles. The number of hydrogen-bond acceptors (Lipinski definition) is 6. The average molecular weight is 331 g/mol. The quantitative estimate of drug-likeness (QED) is 0.582. The Morgan fingerprint density at radius 2 is 2.08 bits per heavy atom. The monoisotopic (exact) mass is 331 g/mol. The zero-order valence-electron chi connectivity index (χ0n) is 13.2. The number of imidazole rings is 1. The fraction of sp³-hybridized carbons (Fsp3) is 0.286. The molecule has 0 aliphatic rings. The maximum Gasteiger partial charge on any atom is 0.273 e. The van der Waals surface area contributed by atoms with Gasteiger partial charge in [-0.2, -0.15) is 5.21 Å². The van der Waals surface area contributed by atoms with Crippen LogP contribution in [0.25, 0.3) is 17.1 Å². The summed E-state index contributed by atoms with van der Waals surface area (Å²) < 4.78 is 16.1. The highest BCUT2D eigenvalue weighted by Gasteiger charge is 2.24. The van der Waals surface area contributed by atoms with Crippen molar-refractivity contribution in [2.75, 3.05) is 0 Å². The molecule has 3 rings (SSSR count). The van der Waals surface area contributed by atoms with E-state index in [2.05, 4.69) is 25.6 Å². The first-order valence-corrected chi connectivity index (χ1v) is 7.04. The van der Waals surface area contributed by atoms with Gasteiger partial charge in [-0.3, -0.25) is 10.1 Å². The lowest BCUT2D eigenvalue weighted by atomic mass is 9.93. The first-order chi connectivity index (χ1) is 11.3. The van der Waals surface area contributed by atoms with Gasteiger partial charge in [-0.1, -0.05) is 20.8 Å². The highest BCUT2D eigenvalue weighted by Crippen LogP contribution is 2.32. The molecule has 0 unspecified atom stereocenters. The van der Waals surface area contributed by atoms with E-state index in [0.717, 1.165) is 11.8 Å². The zero-order valence-corrected chi connectivity index (χ0v) is 13.2. The largest absolute Gasteiger partial charge is 0.302 e. The predicted molar refractivity (Wildman–Crippen MR) is 82.0 cm³/mol. The molecular weight excluding hydrogens is 317 g/mol. The van der Waals surface area contributed by atoms with Crippen molar-refractivity contribution >= 4 is 5.69 Å². The van der Waals surface area contributed by atoms with E-state index in [9.17, 15) is 14.5 Å². The van der Waals surface area contributed by atoms with E-state index < -0.39 is 16.4 Å². The van der Waals surface area contributed by atoms with Gasteiger partial charge < -0.3 is 4.57 Å². The van der Waals surface area contributed by atoms with Crippen molar-refractivity contribution in [3.8, 4) is 17.1 Å². The third kappa shape index (κ3) is 2.73. The van der Waals surface area contributed by atoms with Gasteiger partial charge in [0.05, 0.1) is 34.3 Å². The number of H-pyrrole nitrogens is 1. The Labute approximate surface area is 135 Å². The van der Waals surface area contributed by atoms with E-state index in [1.165, 1.54) is 17.0 Å². The molecule has 9 nitrogen and oxygen atoms in total. The third-order valence-corrected chi connectivity index (χ3v) is 3.45. The third-order valence-electron chi connectivity index (χ3n) is 3.45. The van der Waals surface area contributed by atoms with Crippen LogP contribution < -0.4 is 0 Å². The zero-order chi connectivity index (χ0) is 17.5. The number of nitrogens with zero attached hydrogens (tertiary/aromatic N) is 6. The Morgan fingerprint density at radius 1 is 1.33 bits per heavy atom. The Morgan fingerprint density at radius 3 is 2.62 bits per heavy atom. The lowest BCUT2D eigenvalue weighted by Crippen LogP contribution is -2.11. The lowest BCUT2D eigenvalue weighted by molar-refractivity contribution is -0.385. The first-order valence-electron chi connectivity index (χ1n) is 7.04. The van der Waals surface area contributed by atoms with Gasteiger partial charge in [0.15, 0.2) is 5.82 Å². The Kier molecular flexibility index (Phi) is 3.59. The van der Waals surface area contributed by atoms with Gasteiger partial charge in [-0.15, -0.1) is 10.2 Å². The summed E-state index contributed by atoms with van der Waals surface area (Å²) in [7, 11) is 0. The van der Waals surface area contributed by atoms with Crippen LogP contribution in [0.4, 0.5) is 10.1 Å². The van der Waals surface area contributed by atoms with Crippen LogP contribution in [0.15, 0.2) is 24.7 Å². The van der Waals surface area contributed by atoms with Gasteiger partial charge in [0.25, 0.3) is 5.69 Å². The minimum Gasteiger partial charge on any atom is -0.302 e. The molecular formula is C14H14FN7O2. The summed E-state index contributed by atoms with van der Waals surface area (Å²) >= 11 is 0. The molecule has 0 aliphatic heterocycles. The topological polar surface area (TPSA) is 115 Å². The number of nitro benzene ring substituents is 1. The Bertz CT molecular complexity index is 896. The summed E-state index contributed by atoms with van der Waals surface area (Å²) in [5.41, 5.74) is 0.347. The molecule has 0 fully saturated rings. The predicted octanol–water partition coefficient (Wildman–Crippen LogP) is 2.40. The van der Waals surface area contributed by atoms with Gasteiger partial charge in [0, 0.05) is 17.7 Å². The van der Waals surface area contributed by atoms with E-state index in [-0.39, 0.29) is 22.5 Å². The number of hydrogen-bond donors (Lipinski definition) is 1. The second-order valence-electron chi connectivity index (χ2n) is 6.23. The van der Waals surface area contributed by atoms with E-state index in [1.54, 1.807) is 6.20 Å². The van der Waals surface area contributed by atoms with Crippen LogP contribution in [0.1, 0.15) is 26.5 Å². The minimum absolute atomic E-state index is 0.0543. The van der Waals surface area contributed by atoms with Crippen molar-refractivity contribution in [3.63, 3.8) is 0 Å². The summed E-state index contributed by atoms with van der Waals surface area (Å²) in [5, 5.41) is 24.3. The van der Waals surface area contributed by atoms with Crippen LogP contribution in [0.2, 0.25) is 0 Å². The van der Waals surface area contributed by atoms with Crippen molar-refractivity contribution in [1.82, 2.24) is 30.2 Å². The molecule has 0 bridgehead atoms. The van der Waals surface area contributed by atoms with Crippen molar-refractivity contribution < 1.29 is 9.31 Å². The molecule has 2 aromatic heterocycles. The number of aromatic nitrogens is 6. The van der Waals surface area contributed by atoms with Crippen LogP contribution >= 0.6 is 0 Å². The minimum atomic E-state index is -0.776. The summed E-state index contributed by atoms with van der Waals surface area (Å²) in [6.45, 7) is 5.93. The van der Waals surface area contributed by atoms with Crippen molar-refractivity contribution in [2.45, 2.75) is 26.2 Å². The fourth-order valence-corrected chi connectivity index (χ4v) is 2.23. The second kappa shape index (κ2) is 5.48. The van der Waals surface area contributed by atoms with Crippen molar-refractivity contribution in [2.24, 2.45) is 0 Å². The molecule has 2 heterocycles. The Balaban J connectivity index is 2.23. The van der Waals surface area contributed by atoms with E-state index in [4.69, 9.17) is 0 Å². The molecule has 0 atom stereocenters. The lowest BCUT2D eigenvalue weighted by Gasteiger charge is -2.14. The van der Waals surface area contributed by atoms with E-state index >= 15 is 0 Å². The number of rotatable bonds is 3. The maximum atomic E-state index is 14.6. The summed E-state index contributed by atoms with van der Waals surface area (Å²) in [4.78, 5) is 14.6. The van der Waals surface area contributed by atoms with E-state index in [0.29, 0.717) is 0 Å². The molecule has 0 aliphatic carbocycles. The number of nitrogens with one attached hydrogen (secondary N) is 1. The van der Waals surface area contributed by atoms with Crippen LogP contribution in [-0.2, 0) is 5.41 Å². The van der Waals surface area contributed by atoms with Gasteiger partial charge in [-0.25, -0.2) is 9.37 Å². The van der Waals surface area contributed by atoms with Gasteiger partial charge >= 0.3 is 0 Å². The molecule has 24 heavy (non-hydrogen) atoms. The second-order valence-corrected chi connectivity index (χ2v) is 6.23. The molecule has 10 heteroatoms. The standard InChI is InChI=1S/C14H14FN7O2/c1-14(2,3)11-6-21(7-16-11)12-9(13-17-19-20-18-13)4-8(22(23)24)5-10(12)15/h4-7H,1-3H3,(H,17,18,19,20). The number of tetrazole rings is 1. The van der Waals surface area contributed by atoms with Gasteiger partial charge in [-0.05, 0) is 5.21 Å². The highest BCUT2D eigenvalue weighted by atomic mass is 19.1. The van der Waals surface area contributed by atoms with E-state index in [1.807, 2.05) is 20.8 Å². The number of halogens is 1. The number of nitro groups is 1. The van der Waals surface area contributed by atoms with Crippen LogP contribution in [0.3, 0.4) is 0 Å². The molecule has 1 N–H and O–H groups in total. The fourth-order valence-electron chi connectivity index (χ4n) is 2.23. The molecule has 3 aromatic rings. The first kappa shape index (κ1) is 15.7. The van der Waals surface area contributed by atoms with Gasteiger partial charge in [0.2, 0.25) is 5.82 Å². The van der Waals surface area contributed by atoms with Gasteiger partial charge in [0.1, 0.15) is 0 Å². The van der Waals surface area contributed by atoms with Crippen LogP contribution in [-0.4, -0.2) is 35.1 Å². The smallest absolute Gasteiger partial charge is 0.273 e. The maximum absolute atomic E-state index is 14.6. The summed E-state index contributed by atoms with van der Waals surface area (Å²) in [6.07, 6.45) is 3.13. The van der Waals surface area contributed by atoms with Crippen molar-refractivity contribution in [1.29, 1.82) is 0 Å². The SMILES string of the molecule is CC(C)(C)c1cn(-c2c(F)cc([N+](=O)[O-])cc2-c2nn[nH]n2)cn1. The number of benzene rings is 1.